The van der Waals surface area contributed by atoms with E-state index in [1.165, 1.54) is 19.2 Å². The van der Waals surface area contributed by atoms with Gasteiger partial charge in [-0.1, -0.05) is 12.2 Å². The molecule has 2 aromatic heterocycles. The molecule has 0 spiro atoms. The first kappa shape index (κ1) is 10.1. The molecule has 2 heterocycles. The number of halogens is 1. The second-order valence-corrected chi connectivity index (χ2v) is 4.91. The van der Waals surface area contributed by atoms with Crippen LogP contribution >= 0.6 is 28.1 Å². The highest BCUT2D eigenvalue weighted by Gasteiger charge is 2.27. The minimum absolute atomic E-state index is 0.562. The maximum atomic E-state index is 5.21. The van der Waals surface area contributed by atoms with Crippen LogP contribution in [0.25, 0.3) is 11.6 Å². The Kier molecular flexibility index (Phi) is 2.36. The largest absolute Gasteiger partial charge is 0.339 e. The van der Waals surface area contributed by atoms with Crippen molar-refractivity contribution in [2.75, 3.05) is 0 Å². The molecule has 1 saturated carbocycles. The number of nitrogens with zero attached hydrogens (tertiary/aromatic N) is 3. The van der Waals surface area contributed by atoms with Crippen molar-refractivity contribution in [2.24, 2.45) is 0 Å². The zero-order chi connectivity index (χ0) is 11.1. The molecule has 0 unspecified atom stereocenters. The van der Waals surface area contributed by atoms with Gasteiger partial charge in [0.2, 0.25) is 0 Å². The minimum atomic E-state index is 0.562. The van der Waals surface area contributed by atoms with E-state index in [4.69, 9.17) is 12.2 Å². The van der Waals surface area contributed by atoms with Gasteiger partial charge in [-0.25, -0.2) is 9.97 Å². The van der Waals surface area contributed by atoms with Gasteiger partial charge in [0.1, 0.15) is 11.0 Å². The molecule has 5 nitrogen and oxygen atoms in total. The average molecular weight is 298 g/mol. The molecule has 2 aromatic rings. The van der Waals surface area contributed by atoms with Crippen molar-refractivity contribution in [3.63, 3.8) is 0 Å². The topological polar surface area (TPSA) is 70.2 Å². The lowest BCUT2D eigenvalue weighted by Gasteiger charge is -2.05. The van der Waals surface area contributed by atoms with Crippen molar-refractivity contribution < 1.29 is 0 Å². The summed E-state index contributed by atoms with van der Waals surface area (Å²) in [4.78, 5) is 11.6. The Morgan fingerprint density at radius 3 is 2.81 bits per heavy atom. The van der Waals surface area contributed by atoms with E-state index in [-0.39, 0.29) is 0 Å². The molecule has 0 amide bonds. The van der Waals surface area contributed by atoms with Crippen LogP contribution in [0.3, 0.4) is 0 Å². The fourth-order valence-corrected chi connectivity index (χ4v) is 2.27. The minimum Gasteiger partial charge on any atom is -0.339 e. The van der Waals surface area contributed by atoms with Gasteiger partial charge in [-0.15, -0.1) is 0 Å². The van der Waals surface area contributed by atoms with Crippen LogP contribution in [0.15, 0.2) is 10.8 Å². The molecular weight excluding hydrogens is 290 g/mol. The smallest absolute Gasteiger partial charge is 0.191 e. The molecule has 1 fully saturated rings. The van der Waals surface area contributed by atoms with E-state index < -0.39 is 0 Å². The van der Waals surface area contributed by atoms with E-state index in [2.05, 4.69) is 41.1 Å². The SMILES string of the molecule is S=c1nc(-c2ncn[nH]2)[nH]c(C2CC2)c1Br. The Balaban J connectivity index is 2.17. The fraction of sp³-hybridized carbons (Fsp3) is 0.333. The molecule has 82 valence electrons. The van der Waals surface area contributed by atoms with Gasteiger partial charge < -0.3 is 4.98 Å². The third-order valence-corrected chi connectivity index (χ3v) is 3.88. The average Bonchev–Trinajstić information content (AvgIpc) is 2.96. The summed E-state index contributed by atoms with van der Waals surface area (Å²) < 4.78 is 1.46. The van der Waals surface area contributed by atoms with Crippen LogP contribution in [0.5, 0.6) is 0 Å². The number of hydrogen-bond donors (Lipinski definition) is 2. The van der Waals surface area contributed by atoms with Gasteiger partial charge >= 0.3 is 0 Å². The van der Waals surface area contributed by atoms with Gasteiger partial charge in [0, 0.05) is 11.6 Å². The predicted octanol–water partition coefficient (Wildman–Crippen LogP) is 2.56. The second-order valence-electron chi connectivity index (χ2n) is 3.73. The summed E-state index contributed by atoms with van der Waals surface area (Å²) in [6, 6.07) is 0. The van der Waals surface area contributed by atoms with E-state index in [0.717, 1.165) is 10.2 Å². The van der Waals surface area contributed by atoms with Gasteiger partial charge in [0.05, 0.1) is 4.47 Å². The first-order valence-corrected chi connectivity index (χ1v) is 6.11. The summed E-state index contributed by atoms with van der Waals surface area (Å²) in [7, 11) is 0. The molecule has 1 aliphatic carbocycles. The molecule has 0 atom stereocenters. The third-order valence-electron chi connectivity index (χ3n) is 2.52. The zero-order valence-electron chi connectivity index (χ0n) is 8.20. The number of aromatic amines is 2. The first-order valence-electron chi connectivity index (χ1n) is 4.91. The second kappa shape index (κ2) is 3.74. The van der Waals surface area contributed by atoms with Gasteiger partial charge in [0.15, 0.2) is 11.6 Å². The van der Waals surface area contributed by atoms with Gasteiger partial charge in [-0.2, -0.15) is 5.10 Å². The first-order chi connectivity index (χ1) is 7.75. The molecule has 16 heavy (non-hydrogen) atoms. The van der Waals surface area contributed by atoms with E-state index in [0.29, 0.717) is 22.2 Å². The van der Waals surface area contributed by atoms with Gasteiger partial charge in [-0.3, -0.25) is 5.10 Å². The Labute approximate surface area is 105 Å². The van der Waals surface area contributed by atoms with Crippen molar-refractivity contribution >= 4 is 28.1 Å². The van der Waals surface area contributed by atoms with E-state index in [9.17, 15) is 0 Å². The molecule has 0 aromatic carbocycles. The van der Waals surface area contributed by atoms with Gasteiger partial charge in [0.25, 0.3) is 0 Å². The maximum absolute atomic E-state index is 5.21. The predicted molar refractivity (Wildman–Crippen MR) is 64.5 cm³/mol. The zero-order valence-corrected chi connectivity index (χ0v) is 10.6. The summed E-state index contributed by atoms with van der Waals surface area (Å²) >= 11 is 8.68. The van der Waals surface area contributed by atoms with Crippen LogP contribution in [0.2, 0.25) is 0 Å². The van der Waals surface area contributed by atoms with Crippen LogP contribution in [-0.4, -0.2) is 25.1 Å². The highest BCUT2D eigenvalue weighted by atomic mass is 79.9. The molecule has 0 saturated heterocycles. The Bertz CT molecular complexity index is 572. The standard InChI is InChI=1S/C9H8BrN5S/c10-5-6(4-1-2-4)13-8(14-9(5)16)7-11-3-12-15-7/h3-4H,1-2H2,(H,11,12,15)(H,13,14,16). The molecule has 2 N–H and O–H groups in total. The Morgan fingerprint density at radius 1 is 1.38 bits per heavy atom. The summed E-state index contributed by atoms with van der Waals surface area (Å²) in [5.74, 6) is 1.83. The molecule has 0 radical (unpaired) electrons. The van der Waals surface area contributed by atoms with Crippen molar-refractivity contribution in [3.05, 3.63) is 21.1 Å². The number of hydrogen-bond acceptors (Lipinski definition) is 4. The summed E-state index contributed by atoms with van der Waals surface area (Å²) in [6.45, 7) is 0. The Morgan fingerprint density at radius 2 is 2.19 bits per heavy atom. The van der Waals surface area contributed by atoms with Gasteiger partial charge in [-0.05, 0) is 28.8 Å². The molecule has 0 aliphatic heterocycles. The van der Waals surface area contributed by atoms with E-state index in [1.807, 2.05) is 0 Å². The molecule has 0 bridgehead atoms. The van der Waals surface area contributed by atoms with Crippen molar-refractivity contribution in [3.8, 4) is 11.6 Å². The number of aromatic nitrogens is 5. The van der Waals surface area contributed by atoms with Crippen molar-refractivity contribution in [1.29, 1.82) is 0 Å². The fourth-order valence-electron chi connectivity index (χ4n) is 1.56. The Hall–Kier alpha value is -1.08. The summed E-state index contributed by atoms with van der Waals surface area (Å²) in [6.07, 6.45) is 3.85. The highest BCUT2D eigenvalue weighted by molar-refractivity contribution is 9.10. The summed E-state index contributed by atoms with van der Waals surface area (Å²) in [5.41, 5.74) is 1.12. The van der Waals surface area contributed by atoms with Crippen LogP contribution in [0, 0.1) is 4.64 Å². The normalized spacial score (nSPS) is 15.3. The maximum Gasteiger partial charge on any atom is 0.191 e. The lowest BCUT2D eigenvalue weighted by Crippen LogP contribution is -1.98. The van der Waals surface area contributed by atoms with Crippen LogP contribution < -0.4 is 0 Å². The number of nitrogens with one attached hydrogen (secondary N) is 2. The summed E-state index contributed by atoms with van der Waals surface area (Å²) in [5, 5.41) is 6.57. The lowest BCUT2D eigenvalue weighted by molar-refractivity contribution is 0.956. The van der Waals surface area contributed by atoms with Crippen molar-refractivity contribution in [2.45, 2.75) is 18.8 Å². The quantitative estimate of drug-likeness (QED) is 0.836. The van der Waals surface area contributed by atoms with Crippen LogP contribution in [0.1, 0.15) is 24.5 Å². The molecular formula is C9H8BrN5S. The number of H-pyrrole nitrogens is 2. The molecule has 3 rings (SSSR count). The molecule has 7 heteroatoms. The monoisotopic (exact) mass is 297 g/mol. The van der Waals surface area contributed by atoms with E-state index >= 15 is 0 Å². The highest BCUT2D eigenvalue weighted by Crippen LogP contribution is 2.42. The van der Waals surface area contributed by atoms with Crippen LogP contribution in [0.4, 0.5) is 0 Å². The molecule has 1 aliphatic rings. The van der Waals surface area contributed by atoms with E-state index in [1.54, 1.807) is 0 Å². The van der Waals surface area contributed by atoms with Crippen LogP contribution in [-0.2, 0) is 0 Å². The number of rotatable bonds is 2. The van der Waals surface area contributed by atoms with Crippen molar-refractivity contribution in [1.82, 2.24) is 25.1 Å². The third kappa shape index (κ3) is 1.69. The lowest BCUT2D eigenvalue weighted by atomic mass is 10.3.